The van der Waals surface area contributed by atoms with Crippen LogP contribution in [0.1, 0.15) is 24.1 Å². The van der Waals surface area contributed by atoms with Gasteiger partial charge in [0.1, 0.15) is 11.5 Å². The van der Waals surface area contributed by atoms with Gasteiger partial charge in [-0.25, -0.2) is 0 Å². The molecule has 2 amide bonds. The Hall–Kier alpha value is -3.20. The first-order chi connectivity index (χ1) is 11.7. The van der Waals surface area contributed by atoms with Gasteiger partial charge in [0.2, 0.25) is 11.8 Å². The van der Waals surface area contributed by atoms with Crippen LogP contribution in [0.4, 0.5) is 5.69 Å². The summed E-state index contributed by atoms with van der Waals surface area (Å²) >= 11 is 0. The molecule has 2 aromatic rings. The molecule has 120 valence electrons. The largest absolute Gasteiger partial charge is 0.350 e. The molecule has 1 aliphatic rings. The van der Waals surface area contributed by atoms with Gasteiger partial charge < -0.3 is 10.6 Å². The van der Waals surface area contributed by atoms with Gasteiger partial charge in [-0.05, 0) is 37.1 Å². The van der Waals surface area contributed by atoms with E-state index in [4.69, 9.17) is 5.26 Å². The Bertz CT molecular complexity index is 807. The van der Waals surface area contributed by atoms with E-state index in [0.717, 1.165) is 5.69 Å². The van der Waals surface area contributed by atoms with Gasteiger partial charge in [-0.15, -0.1) is 0 Å². The molecule has 1 heterocycles. The molecule has 24 heavy (non-hydrogen) atoms. The Kier molecular flexibility index (Phi) is 4.25. The number of anilines is 1. The third kappa shape index (κ3) is 3.10. The molecule has 2 N–H and O–H groups in total. The zero-order chi connectivity index (χ0) is 17.0. The summed E-state index contributed by atoms with van der Waals surface area (Å²) in [6.07, 6.45) is 2.66. The molecule has 0 aliphatic heterocycles. The lowest BCUT2D eigenvalue weighted by Crippen LogP contribution is -2.39. The molecule has 1 aromatic heterocycles. The molecule has 1 aromatic carbocycles. The minimum absolute atomic E-state index is 0.281. The number of hydrogen-bond acceptors (Lipinski definition) is 4. The quantitative estimate of drug-likeness (QED) is 0.824. The lowest BCUT2D eigenvalue weighted by Gasteiger charge is -2.15. The van der Waals surface area contributed by atoms with Crippen LogP contribution in [0.25, 0.3) is 0 Å². The van der Waals surface area contributed by atoms with Crippen LogP contribution in [0.2, 0.25) is 0 Å². The van der Waals surface area contributed by atoms with E-state index >= 15 is 0 Å². The van der Waals surface area contributed by atoms with Crippen LogP contribution in [0.5, 0.6) is 0 Å². The second-order valence-electron chi connectivity index (χ2n) is 5.70. The smallest absolute Gasteiger partial charge is 0.240 e. The van der Waals surface area contributed by atoms with Crippen LogP contribution >= 0.6 is 0 Å². The third-order valence-corrected chi connectivity index (χ3v) is 4.07. The van der Waals surface area contributed by atoms with Gasteiger partial charge >= 0.3 is 0 Å². The van der Waals surface area contributed by atoms with Gasteiger partial charge in [-0.3, -0.25) is 14.6 Å². The number of rotatable bonds is 5. The number of nitrogens with one attached hydrogen (secondary N) is 2. The highest BCUT2D eigenvalue weighted by atomic mass is 16.2. The zero-order valence-electron chi connectivity index (χ0n) is 13.0. The third-order valence-electron chi connectivity index (χ3n) is 4.07. The minimum Gasteiger partial charge on any atom is -0.350 e. The second-order valence-corrected chi connectivity index (χ2v) is 5.70. The predicted octanol–water partition coefficient (Wildman–Crippen LogP) is 1.99. The zero-order valence-corrected chi connectivity index (χ0v) is 13.0. The van der Waals surface area contributed by atoms with Crippen molar-refractivity contribution in [2.24, 2.45) is 5.41 Å². The fraction of sp³-hybridized carbons (Fsp3) is 0.222. The Balaban J connectivity index is 1.66. The molecule has 1 fully saturated rings. The topological polar surface area (TPSA) is 94.9 Å². The Morgan fingerprint density at radius 1 is 1.12 bits per heavy atom. The second kappa shape index (κ2) is 6.50. The molecule has 6 nitrogen and oxygen atoms in total. The van der Waals surface area contributed by atoms with Crippen LogP contribution in [0.15, 0.2) is 48.7 Å². The monoisotopic (exact) mass is 320 g/mol. The van der Waals surface area contributed by atoms with Crippen molar-refractivity contribution in [3.8, 4) is 6.07 Å². The van der Waals surface area contributed by atoms with Gasteiger partial charge in [0.15, 0.2) is 0 Å². The van der Waals surface area contributed by atoms with Crippen molar-refractivity contribution in [1.29, 1.82) is 5.26 Å². The van der Waals surface area contributed by atoms with Gasteiger partial charge in [-0.2, -0.15) is 5.26 Å². The molecule has 0 saturated heterocycles. The standard InChI is InChI=1S/C18H16N4O2/c19-11-13-5-1-2-7-15(13)22-17(24)18(8-9-18)16(23)21-12-14-6-3-4-10-20-14/h1-7,10H,8-9,12H2,(H,21,23)(H,22,24). The molecule has 0 radical (unpaired) electrons. The Morgan fingerprint density at radius 2 is 1.88 bits per heavy atom. The van der Waals surface area contributed by atoms with Crippen molar-refractivity contribution >= 4 is 17.5 Å². The maximum Gasteiger partial charge on any atom is 0.240 e. The lowest BCUT2D eigenvalue weighted by molar-refractivity contribution is -0.134. The molecule has 3 rings (SSSR count). The van der Waals surface area contributed by atoms with E-state index in [1.807, 2.05) is 18.2 Å². The number of hydrogen-bond donors (Lipinski definition) is 2. The first-order valence-corrected chi connectivity index (χ1v) is 7.64. The summed E-state index contributed by atoms with van der Waals surface area (Å²) in [5.41, 5.74) is 0.485. The Labute approximate surface area is 139 Å². The molecule has 1 aliphatic carbocycles. The van der Waals surface area contributed by atoms with Crippen LogP contribution in [-0.4, -0.2) is 16.8 Å². The number of pyridine rings is 1. The van der Waals surface area contributed by atoms with E-state index in [1.165, 1.54) is 0 Å². The number of para-hydroxylation sites is 1. The van der Waals surface area contributed by atoms with Crippen molar-refractivity contribution in [2.75, 3.05) is 5.32 Å². The number of aromatic nitrogens is 1. The summed E-state index contributed by atoms with van der Waals surface area (Å²) in [6, 6.07) is 14.2. The first kappa shape index (κ1) is 15.7. The summed E-state index contributed by atoms with van der Waals surface area (Å²) < 4.78 is 0. The van der Waals surface area contributed by atoms with Gasteiger partial charge in [-0.1, -0.05) is 18.2 Å². The predicted molar refractivity (Wildman–Crippen MR) is 87.5 cm³/mol. The van der Waals surface area contributed by atoms with Crippen molar-refractivity contribution in [3.05, 3.63) is 59.9 Å². The number of carbonyl (C=O) groups is 2. The highest BCUT2D eigenvalue weighted by Crippen LogP contribution is 2.47. The van der Waals surface area contributed by atoms with E-state index in [1.54, 1.807) is 36.5 Å². The van der Waals surface area contributed by atoms with Gasteiger partial charge in [0.25, 0.3) is 0 Å². The van der Waals surface area contributed by atoms with Crippen molar-refractivity contribution in [3.63, 3.8) is 0 Å². The normalized spacial score (nSPS) is 14.3. The minimum atomic E-state index is -1.04. The molecule has 1 saturated carbocycles. The summed E-state index contributed by atoms with van der Waals surface area (Å²) in [5, 5.41) is 14.6. The summed E-state index contributed by atoms with van der Waals surface area (Å²) in [6.45, 7) is 0.281. The number of benzene rings is 1. The highest BCUT2D eigenvalue weighted by Gasteiger charge is 2.56. The van der Waals surface area contributed by atoms with Crippen LogP contribution < -0.4 is 10.6 Å². The number of amides is 2. The molecule has 0 atom stereocenters. The van der Waals surface area contributed by atoms with Crippen molar-refractivity contribution in [1.82, 2.24) is 10.3 Å². The maximum absolute atomic E-state index is 12.5. The number of nitrogens with zero attached hydrogens (tertiary/aromatic N) is 2. The molecular formula is C18H16N4O2. The molecular weight excluding hydrogens is 304 g/mol. The maximum atomic E-state index is 12.5. The fourth-order valence-corrected chi connectivity index (χ4v) is 2.46. The highest BCUT2D eigenvalue weighted by molar-refractivity contribution is 6.13. The van der Waals surface area contributed by atoms with E-state index in [9.17, 15) is 9.59 Å². The van der Waals surface area contributed by atoms with Crippen LogP contribution in [-0.2, 0) is 16.1 Å². The average Bonchev–Trinajstić information content (AvgIpc) is 3.43. The Morgan fingerprint density at radius 3 is 2.54 bits per heavy atom. The summed E-state index contributed by atoms with van der Waals surface area (Å²) in [4.78, 5) is 29.1. The van der Waals surface area contributed by atoms with E-state index in [-0.39, 0.29) is 18.4 Å². The fourth-order valence-electron chi connectivity index (χ4n) is 2.46. The number of carbonyl (C=O) groups excluding carboxylic acids is 2. The van der Waals surface area contributed by atoms with Gasteiger partial charge in [0.05, 0.1) is 23.5 Å². The first-order valence-electron chi connectivity index (χ1n) is 7.64. The average molecular weight is 320 g/mol. The SMILES string of the molecule is N#Cc1ccccc1NC(=O)C1(C(=O)NCc2ccccn2)CC1. The van der Waals surface area contributed by atoms with E-state index in [0.29, 0.717) is 24.1 Å². The number of nitriles is 1. The van der Waals surface area contributed by atoms with Crippen LogP contribution in [0, 0.1) is 16.7 Å². The van der Waals surface area contributed by atoms with Crippen molar-refractivity contribution < 1.29 is 9.59 Å². The van der Waals surface area contributed by atoms with Crippen molar-refractivity contribution in [2.45, 2.75) is 19.4 Å². The summed E-state index contributed by atoms with van der Waals surface area (Å²) in [5.74, 6) is -0.677. The molecule has 0 spiro atoms. The summed E-state index contributed by atoms with van der Waals surface area (Å²) in [7, 11) is 0. The van der Waals surface area contributed by atoms with Gasteiger partial charge in [0, 0.05) is 6.20 Å². The lowest BCUT2D eigenvalue weighted by atomic mass is 10.0. The molecule has 6 heteroatoms. The van der Waals surface area contributed by atoms with E-state index < -0.39 is 5.41 Å². The van der Waals surface area contributed by atoms with Crippen LogP contribution in [0.3, 0.4) is 0 Å². The molecule has 0 bridgehead atoms. The van der Waals surface area contributed by atoms with E-state index in [2.05, 4.69) is 15.6 Å². The molecule has 0 unspecified atom stereocenters.